The zero-order valence-corrected chi connectivity index (χ0v) is 38.1. The number of benzene rings is 4. The maximum Gasteiger partial charge on any atom is 0.412 e. The average molecular weight is 884 g/mol. The summed E-state index contributed by atoms with van der Waals surface area (Å²) in [6, 6.07) is 29.1. The molecule has 2 saturated carbocycles. The van der Waals surface area contributed by atoms with Gasteiger partial charge in [0.05, 0.1) is 18.2 Å². The van der Waals surface area contributed by atoms with E-state index < -0.39 is 29.4 Å². The van der Waals surface area contributed by atoms with Crippen molar-refractivity contribution in [1.82, 2.24) is 10.2 Å². The van der Waals surface area contributed by atoms with Gasteiger partial charge in [0, 0.05) is 50.1 Å². The molecule has 6 atom stereocenters. The fraction of sp³-hybridized carbons (Fsp3) is 0.463. The second-order valence-corrected chi connectivity index (χ2v) is 19.1. The van der Waals surface area contributed by atoms with Crippen LogP contribution < -0.4 is 14.8 Å². The lowest BCUT2D eigenvalue weighted by atomic mass is 9.55. The van der Waals surface area contributed by atoms with Crippen molar-refractivity contribution in [2.24, 2.45) is 28.8 Å². The maximum absolute atomic E-state index is 15.1. The lowest BCUT2D eigenvalue weighted by Crippen LogP contribution is -2.70. The summed E-state index contributed by atoms with van der Waals surface area (Å²) in [6.07, 6.45) is 9.95. The van der Waals surface area contributed by atoms with E-state index in [0.29, 0.717) is 43.9 Å². The summed E-state index contributed by atoms with van der Waals surface area (Å²) in [6.45, 7) is 11.0. The van der Waals surface area contributed by atoms with Crippen LogP contribution in [0.4, 0.5) is 4.79 Å². The van der Waals surface area contributed by atoms with Crippen molar-refractivity contribution in [2.45, 2.75) is 115 Å². The fourth-order valence-corrected chi connectivity index (χ4v) is 10.3. The van der Waals surface area contributed by atoms with E-state index in [1.165, 1.54) is 0 Å². The summed E-state index contributed by atoms with van der Waals surface area (Å²) in [7, 11) is 0. The average Bonchev–Trinajstić information content (AvgIpc) is 4.16. The SMILES string of the molecule is C=CCOC12Oc3ccc(OC(=O)NCc4ccccc4)cc3C3C(CCCCO)C(CCCCO)C=C(C(=NOC(C)(C)C)CC1N(Cc1cccc4ccccc14)C(=O)C1CC1)C32. The largest absolute Gasteiger partial charge is 0.459 e. The molecule has 4 aromatic rings. The number of aliphatic hydroxyl groups excluding tert-OH is 2. The van der Waals surface area contributed by atoms with E-state index in [2.05, 4.69) is 42.2 Å². The van der Waals surface area contributed by atoms with E-state index in [1.807, 2.05) is 86.3 Å². The molecule has 0 aromatic heterocycles. The van der Waals surface area contributed by atoms with E-state index >= 15 is 4.79 Å². The predicted molar refractivity (Wildman–Crippen MR) is 252 cm³/mol. The normalized spacial score (nSPS) is 24.0. The van der Waals surface area contributed by atoms with Crippen LogP contribution in [0.2, 0.25) is 0 Å². The van der Waals surface area contributed by atoms with Gasteiger partial charge >= 0.3 is 6.09 Å². The highest BCUT2D eigenvalue weighted by atomic mass is 16.7. The molecule has 0 radical (unpaired) electrons. The van der Waals surface area contributed by atoms with E-state index in [4.69, 9.17) is 24.2 Å². The Kier molecular flexibility index (Phi) is 14.4. The van der Waals surface area contributed by atoms with E-state index in [9.17, 15) is 15.0 Å². The van der Waals surface area contributed by atoms with Crippen molar-refractivity contribution >= 4 is 28.5 Å². The second-order valence-electron chi connectivity index (χ2n) is 19.1. The Labute approximate surface area is 383 Å². The van der Waals surface area contributed by atoms with Crippen molar-refractivity contribution in [2.75, 3.05) is 19.8 Å². The summed E-state index contributed by atoms with van der Waals surface area (Å²) < 4.78 is 20.7. The number of amides is 2. The Morgan fingerprint density at radius 1 is 0.938 bits per heavy atom. The number of carbonyl (C=O) groups is 2. The molecule has 4 aromatic carbocycles. The number of aliphatic hydroxyl groups is 2. The number of hydrogen-bond donors (Lipinski definition) is 3. The predicted octanol–water partition coefficient (Wildman–Crippen LogP) is 10.00. The molecule has 3 aliphatic carbocycles. The van der Waals surface area contributed by atoms with Crippen molar-refractivity contribution < 1.29 is 38.9 Å². The van der Waals surface area contributed by atoms with E-state index in [-0.39, 0.29) is 49.4 Å². The summed E-state index contributed by atoms with van der Waals surface area (Å²) in [5.74, 6) is -1.20. The minimum Gasteiger partial charge on any atom is -0.459 e. The van der Waals surface area contributed by atoms with Crippen molar-refractivity contribution in [3.8, 4) is 11.5 Å². The molecule has 3 N–H and O–H groups in total. The molecule has 1 aliphatic heterocycles. The first-order valence-corrected chi connectivity index (χ1v) is 23.6. The van der Waals surface area contributed by atoms with Crippen LogP contribution in [-0.4, -0.2) is 70.1 Å². The van der Waals surface area contributed by atoms with Gasteiger partial charge in [0.25, 0.3) is 0 Å². The third-order valence-electron chi connectivity index (χ3n) is 13.4. The van der Waals surface area contributed by atoms with Gasteiger partial charge in [-0.25, -0.2) is 4.79 Å². The number of oxime groups is 1. The molecular weight excluding hydrogens is 819 g/mol. The molecule has 11 heteroatoms. The second kappa shape index (κ2) is 20.4. The Balaban J connectivity index is 1.31. The van der Waals surface area contributed by atoms with Gasteiger partial charge in [-0.15, -0.1) is 6.58 Å². The molecular formula is C54H65N3O8. The molecule has 1 heterocycles. The van der Waals surface area contributed by atoms with Gasteiger partial charge in [0.2, 0.25) is 11.7 Å². The molecule has 0 spiro atoms. The van der Waals surface area contributed by atoms with Gasteiger partial charge < -0.3 is 39.5 Å². The molecule has 8 rings (SSSR count). The van der Waals surface area contributed by atoms with Crippen LogP contribution in [0.1, 0.15) is 101 Å². The van der Waals surface area contributed by atoms with E-state index in [1.54, 1.807) is 12.1 Å². The monoisotopic (exact) mass is 883 g/mol. The third-order valence-corrected chi connectivity index (χ3v) is 13.4. The summed E-state index contributed by atoms with van der Waals surface area (Å²) in [5, 5.41) is 30.1. The zero-order valence-electron chi connectivity index (χ0n) is 38.1. The maximum atomic E-state index is 15.1. The van der Waals surface area contributed by atoms with Crippen molar-refractivity contribution in [3.05, 3.63) is 132 Å². The van der Waals surface area contributed by atoms with Gasteiger partial charge in [-0.1, -0.05) is 103 Å². The molecule has 65 heavy (non-hydrogen) atoms. The van der Waals surface area contributed by atoms with Crippen molar-refractivity contribution in [1.29, 1.82) is 0 Å². The van der Waals surface area contributed by atoms with Gasteiger partial charge in [-0.2, -0.15) is 0 Å². The first-order valence-electron chi connectivity index (χ1n) is 23.6. The number of fused-ring (bicyclic) bond motifs is 3. The molecule has 11 nitrogen and oxygen atoms in total. The summed E-state index contributed by atoms with van der Waals surface area (Å²) in [5.41, 5.74) is 3.94. The molecule has 6 unspecified atom stereocenters. The Morgan fingerprint density at radius 3 is 2.42 bits per heavy atom. The number of hydrogen-bond acceptors (Lipinski definition) is 9. The van der Waals surface area contributed by atoms with Crippen molar-refractivity contribution in [3.63, 3.8) is 0 Å². The first kappa shape index (κ1) is 46.1. The standard InChI is InChI=1S/C54H65N3O8/c1-5-30-62-54-48(57(51(60)38-24-25-38)35-40-21-15-20-37-18-9-10-22-42(37)40)33-46(56-65-53(2,3)4)44-31-39(19-11-13-28-58)43(23-12-14-29-59)49(50(44)54)45-32-41(26-27-47(45)64-54)63-52(61)55-34-36-16-7-6-8-17-36/h5-10,15-18,20-22,26-27,31-32,38-39,43,48-50,58-59H,1,11-14,19,23-25,28-30,33-35H2,2-4H3,(H,55,61). The summed E-state index contributed by atoms with van der Waals surface area (Å²) >= 11 is 0. The molecule has 2 fully saturated rings. The minimum atomic E-state index is -1.41. The number of ether oxygens (including phenoxy) is 3. The first-order chi connectivity index (χ1) is 31.5. The van der Waals surface area contributed by atoms with Crippen LogP contribution in [0.15, 0.2) is 120 Å². The Bertz CT molecular complexity index is 2370. The van der Waals surface area contributed by atoms with Gasteiger partial charge in [0.1, 0.15) is 23.1 Å². The van der Waals surface area contributed by atoms with Crippen LogP contribution in [0.5, 0.6) is 11.5 Å². The molecule has 0 bridgehead atoms. The highest BCUT2D eigenvalue weighted by Gasteiger charge is 2.66. The summed E-state index contributed by atoms with van der Waals surface area (Å²) in [4.78, 5) is 36.8. The molecule has 344 valence electrons. The highest BCUT2D eigenvalue weighted by Crippen LogP contribution is 2.62. The lowest BCUT2D eigenvalue weighted by molar-refractivity contribution is -0.258. The number of nitrogens with zero attached hydrogens (tertiary/aromatic N) is 2. The van der Waals surface area contributed by atoms with Crippen LogP contribution in [0.25, 0.3) is 10.8 Å². The molecule has 4 aliphatic rings. The van der Waals surface area contributed by atoms with E-state index in [0.717, 1.165) is 77.3 Å². The Morgan fingerprint density at radius 2 is 1.68 bits per heavy atom. The Hall–Kier alpha value is -5.49. The quantitative estimate of drug-likeness (QED) is 0.0481. The van der Waals surface area contributed by atoms with Gasteiger partial charge in [0.15, 0.2) is 0 Å². The third kappa shape index (κ3) is 10.3. The van der Waals surface area contributed by atoms with Crippen LogP contribution >= 0.6 is 0 Å². The van der Waals surface area contributed by atoms with Crippen LogP contribution in [-0.2, 0) is 27.5 Å². The number of allylic oxidation sites excluding steroid dienone is 1. The number of carbonyl (C=O) groups excluding carboxylic acids is 2. The van der Waals surface area contributed by atoms with Crippen LogP contribution in [0, 0.1) is 23.7 Å². The topological polar surface area (TPSA) is 139 Å². The molecule has 0 saturated heterocycles. The number of rotatable bonds is 19. The smallest absolute Gasteiger partial charge is 0.412 e. The number of unbranched alkanes of at least 4 members (excludes halogenated alkanes) is 2. The minimum absolute atomic E-state index is 0.0136. The lowest BCUT2D eigenvalue weighted by Gasteiger charge is -2.60. The fourth-order valence-electron chi connectivity index (χ4n) is 10.3. The van der Waals surface area contributed by atoms with Gasteiger partial charge in [-0.05, 0) is 117 Å². The molecule has 2 amide bonds. The van der Waals surface area contributed by atoms with Gasteiger partial charge in [-0.3, -0.25) is 4.79 Å². The van der Waals surface area contributed by atoms with Crippen LogP contribution in [0.3, 0.4) is 0 Å². The number of nitrogens with one attached hydrogen (secondary N) is 1. The zero-order chi connectivity index (χ0) is 45.6. The highest BCUT2D eigenvalue weighted by molar-refractivity contribution is 6.03.